The van der Waals surface area contributed by atoms with Gasteiger partial charge in [-0.1, -0.05) is 17.7 Å². The van der Waals surface area contributed by atoms with Crippen molar-refractivity contribution in [1.29, 1.82) is 0 Å². The minimum absolute atomic E-state index is 0.0369. The summed E-state index contributed by atoms with van der Waals surface area (Å²) in [7, 11) is 1.52. The van der Waals surface area contributed by atoms with Crippen molar-refractivity contribution in [2.45, 2.75) is 18.9 Å². The molecule has 0 saturated heterocycles. The van der Waals surface area contributed by atoms with Gasteiger partial charge in [-0.25, -0.2) is 9.78 Å². The second kappa shape index (κ2) is 6.54. The number of halogens is 1. The highest BCUT2D eigenvalue weighted by Gasteiger charge is 2.35. The molecule has 116 valence electrons. The van der Waals surface area contributed by atoms with Crippen LogP contribution in [-0.4, -0.2) is 18.1 Å². The second-order valence-corrected chi connectivity index (χ2v) is 6.44. The molecule has 0 aliphatic heterocycles. The molecule has 3 rings (SSSR count). The monoisotopic (exact) mass is 337 g/mol. The molecule has 22 heavy (non-hydrogen) atoms. The molecule has 1 aromatic heterocycles. The highest BCUT2D eigenvalue weighted by Crippen LogP contribution is 2.41. The number of carbonyl (C=O) groups is 1. The minimum Gasteiger partial charge on any atom is -0.493 e. The summed E-state index contributed by atoms with van der Waals surface area (Å²) < 4.78 is 5.23. The van der Waals surface area contributed by atoms with Crippen LogP contribution < -0.4 is 15.4 Å². The Labute approximate surface area is 137 Å². The van der Waals surface area contributed by atoms with Gasteiger partial charge in [0.1, 0.15) is 5.01 Å². The van der Waals surface area contributed by atoms with E-state index in [1.165, 1.54) is 7.11 Å². The number of anilines is 1. The van der Waals surface area contributed by atoms with Crippen LogP contribution in [0, 0.1) is 5.92 Å². The Morgan fingerprint density at radius 2 is 2.32 bits per heavy atom. The lowest BCUT2D eigenvalue weighted by molar-refractivity contribution is 0.247. The fraction of sp³-hybridized carbons (Fsp3) is 0.333. The summed E-state index contributed by atoms with van der Waals surface area (Å²) in [4.78, 5) is 16.6. The number of aromatic nitrogens is 1. The lowest BCUT2D eigenvalue weighted by atomic mass is 10.2. The lowest BCUT2D eigenvalue weighted by Gasteiger charge is -2.17. The number of nitrogens with one attached hydrogen (secondary N) is 2. The number of benzene rings is 1. The Bertz CT molecular complexity index is 659. The van der Waals surface area contributed by atoms with Gasteiger partial charge in [0.2, 0.25) is 0 Å². The van der Waals surface area contributed by atoms with Crippen molar-refractivity contribution in [3.8, 4) is 5.75 Å². The topological polar surface area (TPSA) is 63.2 Å². The van der Waals surface area contributed by atoms with E-state index in [2.05, 4.69) is 15.6 Å². The van der Waals surface area contributed by atoms with Gasteiger partial charge in [-0.3, -0.25) is 0 Å². The van der Waals surface area contributed by atoms with Gasteiger partial charge in [0, 0.05) is 11.6 Å². The van der Waals surface area contributed by atoms with E-state index in [0.29, 0.717) is 22.4 Å². The van der Waals surface area contributed by atoms with Crippen molar-refractivity contribution in [3.05, 3.63) is 39.8 Å². The van der Waals surface area contributed by atoms with Crippen molar-refractivity contribution in [3.63, 3.8) is 0 Å². The Morgan fingerprint density at radius 1 is 1.50 bits per heavy atom. The van der Waals surface area contributed by atoms with E-state index in [-0.39, 0.29) is 12.1 Å². The normalized spacial score (nSPS) is 15.2. The maximum Gasteiger partial charge on any atom is 0.319 e. The molecular weight excluding hydrogens is 322 g/mol. The largest absolute Gasteiger partial charge is 0.493 e. The molecule has 1 aromatic carbocycles. The van der Waals surface area contributed by atoms with E-state index in [1.54, 1.807) is 35.7 Å². The van der Waals surface area contributed by atoms with Crippen LogP contribution in [0.1, 0.15) is 23.9 Å². The molecule has 7 heteroatoms. The molecular formula is C15H16ClN3O2S. The second-order valence-electron chi connectivity index (χ2n) is 5.10. The number of urea groups is 1. The highest BCUT2D eigenvalue weighted by atomic mass is 35.5. The quantitative estimate of drug-likeness (QED) is 0.864. The van der Waals surface area contributed by atoms with Gasteiger partial charge in [0.15, 0.2) is 5.75 Å². The van der Waals surface area contributed by atoms with Gasteiger partial charge in [-0.15, -0.1) is 11.3 Å². The van der Waals surface area contributed by atoms with Crippen molar-refractivity contribution < 1.29 is 9.53 Å². The fourth-order valence-corrected chi connectivity index (χ4v) is 3.35. The van der Waals surface area contributed by atoms with E-state index in [0.717, 1.165) is 17.8 Å². The number of hydrogen-bond donors (Lipinski definition) is 2. The van der Waals surface area contributed by atoms with Crippen molar-refractivity contribution in [2.24, 2.45) is 5.92 Å². The zero-order valence-corrected chi connectivity index (χ0v) is 13.6. The zero-order valence-electron chi connectivity index (χ0n) is 12.0. The van der Waals surface area contributed by atoms with Gasteiger partial charge in [-0.2, -0.15) is 0 Å². The van der Waals surface area contributed by atoms with Gasteiger partial charge in [0.05, 0.1) is 23.9 Å². The molecule has 1 heterocycles. The first-order valence-corrected chi connectivity index (χ1v) is 8.24. The summed E-state index contributed by atoms with van der Waals surface area (Å²) in [6.45, 7) is 0. The standard InChI is InChI=1S/C15H16ClN3O2S/c1-21-13-10(16)3-2-4-11(13)18-15(20)19-12(9-5-6-9)14-17-7-8-22-14/h2-4,7-9,12H,5-6H2,1H3,(H2,18,19,20). The molecule has 0 bridgehead atoms. The van der Waals surface area contributed by atoms with Crippen LogP contribution in [0.25, 0.3) is 0 Å². The molecule has 0 radical (unpaired) electrons. The van der Waals surface area contributed by atoms with Gasteiger partial charge in [-0.05, 0) is 30.9 Å². The first-order valence-electron chi connectivity index (χ1n) is 6.98. The lowest BCUT2D eigenvalue weighted by Crippen LogP contribution is -2.33. The summed E-state index contributed by atoms with van der Waals surface area (Å²) in [5, 5.41) is 9.11. The summed E-state index contributed by atoms with van der Waals surface area (Å²) in [6.07, 6.45) is 3.99. The maximum atomic E-state index is 12.3. The number of para-hydroxylation sites is 1. The average Bonchev–Trinajstić information content (AvgIpc) is 3.19. The Kier molecular flexibility index (Phi) is 4.49. The molecule has 0 spiro atoms. The Morgan fingerprint density at radius 3 is 2.95 bits per heavy atom. The molecule has 1 aliphatic carbocycles. The summed E-state index contributed by atoms with van der Waals surface area (Å²) in [6, 6.07) is 4.91. The third kappa shape index (κ3) is 3.34. The number of nitrogens with zero attached hydrogens (tertiary/aromatic N) is 1. The first kappa shape index (κ1) is 15.1. The van der Waals surface area contributed by atoms with E-state index in [1.807, 2.05) is 5.38 Å². The van der Waals surface area contributed by atoms with Crippen LogP contribution in [0.4, 0.5) is 10.5 Å². The van der Waals surface area contributed by atoms with Crippen molar-refractivity contribution >= 4 is 34.7 Å². The number of thiazole rings is 1. The maximum absolute atomic E-state index is 12.3. The van der Waals surface area contributed by atoms with Crippen LogP contribution >= 0.6 is 22.9 Å². The van der Waals surface area contributed by atoms with Gasteiger partial charge < -0.3 is 15.4 Å². The molecule has 1 fully saturated rings. The van der Waals surface area contributed by atoms with Crippen LogP contribution in [-0.2, 0) is 0 Å². The minimum atomic E-state index is -0.285. The molecule has 2 N–H and O–H groups in total. The molecule has 1 atom stereocenters. The van der Waals surface area contributed by atoms with Crippen molar-refractivity contribution in [2.75, 3.05) is 12.4 Å². The molecule has 5 nitrogen and oxygen atoms in total. The van der Waals surface area contributed by atoms with Crippen LogP contribution in [0.15, 0.2) is 29.8 Å². The molecule has 2 amide bonds. The van der Waals surface area contributed by atoms with E-state index in [4.69, 9.17) is 16.3 Å². The average molecular weight is 338 g/mol. The van der Waals surface area contributed by atoms with E-state index >= 15 is 0 Å². The molecule has 2 aromatic rings. The predicted molar refractivity (Wildman–Crippen MR) is 87.7 cm³/mol. The van der Waals surface area contributed by atoms with Crippen LogP contribution in [0.2, 0.25) is 5.02 Å². The number of hydrogen-bond acceptors (Lipinski definition) is 4. The highest BCUT2D eigenvalue weighted by molar-refractivity contribution is 7.09. The number of amides is 2. The number of ether oxygens (including phenoxy) is 1. The van der Waals surface area contributed by atoms with E-state index < -0.39 is 0 Å². The van der Waals surface area contributed by atoms with Gasteiger partial charge >= 0.3 is 6.03 Å². The third-order valence-electron chi connectivity index (χ3n) is 3.52. The number of carbonyl (C=O) groups excluding carboxylic acids is 1. The van der Waals surface area contributed by atoms with Gasteiger partial charge in [0.25, 0.3) is 0 Å². The summed E-state index contributed by atoms with van der Waals surface area (Å²) in [5.74, 6) is 0.926. The number of methoxy groups -OCH3 is 1. The van der Waals surface area contributed by atoms with Crippen LogP contribution in [0.3, 0.4) is 0 Å². The Balaban J connectivity index is 1.71. The number of rotatable bonds is 5. The van der Waals surface area contributed by atoms with Crippen LogP contribution in [0.5, 0.6) is 5.75 Å². The fourth-order valence-electron chi connectivity index (χ4n) is 2.31. The summed E-state index contributed by atoms with van der Waals surface area (Å²) >= 11 is 7.61. The molecule has 1 saturated carbocycles. The van der Waals surface area contributed by atoms with E-state index in [9.17, 15) is 4.79 Å². The van der Waals surface area contributed by atoms with Crippen molar-refractivity contribution in [1.82, 2.24) is 10.3 Å². The molecule has 1 aliphatic rings. The predicted octanol–water partition coefficient (Wildman–Crippen LogP) is 4.08. The summed E-state index contributed by atoms with van der Waals surface area (Å²) in [5.41, 5.74) is 0.543. The molecule has 1 unspecified atom stereocenters. The first-order chi connectivity index (χ1) is 10.7. The SMILES string of the molecule is COc1c(Cl)cccc1NC(=O)NC(c1nccs1)C1CC1. The zero-order chi connectivity index (χ0) is 15.5. The Hall–Kier alpha value is -1.79. The third-order valence-corrected chi connectivity index (χ3v) is 4.67. The smallest absolute Gasteiger partial charge is 0.319 e.